The molecule has 0 unspecified atom stereocenters. The van der Waals surface area contributed by atoms with Crippen LogP contribution < -0.4 is 5.73 Å². The number of hydrogen-bond donors (Lipinski definition) is 1. The van der Waals surface area contributed by atoms with E-state index in [1.54, 1.807) is 4.68 Å². The molecule has 0 amide bonds. The van der Waals surface area contributed by atoms with Crippen LogP contribution in [0.2, 0.25) is 0 Å². The third-order valence-electron chi connectivity index (χ3n) is 1.56. The van der Waals surface area contributed by atoms with Gasteiger partial charge in [0, 0.05) is 12.8 Å². The molecule has 1 rings (SSSR count). The molecule has 0 atom stereocenters. The summed E-state index contributed by atoms with van der Waals surface area (Å²) in [5.41, 5.74) is 5.55. The Morgan fingerprint density at radius 2 is 2.38 bits per heavy atom. The van der Waals surface area contributed by atoms with Crippen LogP contribution in [-0.4, -0.2) is 23.0 Å². The fraction of sp³-hybridized carbons (Fsp3) is 0.625. The molecule has 4 nitrogen and oxygen atoms in total. The van der Waals surface area contributed by atoms with Crippen molar-refractivity contribution in [3.8, 4) is 0 Å². The average molecular weight is 248 g/mol. The van der Waals surface area contributed by atoms with Crippen molar-refractivity contribution in [1.82, 2.24) is 9.78 Å². The van der Waals surface area contributed by atoms with Gasteiger partial charge in [0.25, 0.3) is 0 Å². The standard InChI is InChI=1S/C8H14BrN3O/c1-2-4-13-5-3-12-6-7(9)8(10)11-12/h6H,2-5H2,1H3,(H2,10,11). The molecule has 13 heavy (non-hydrogen) atoms. The minimum Gasteiger partial charge on any atom is -0.381 e. The third-order valence-corrected chi connectivity index (χ3v) is 2.17. The van der Waals surface area contributed by atoms with E-state index in [2.05, 4.69) is 28.0 Å². The topological polar surface area (TPSA) is 53.1 Å². The number of aromatic nitrogens is 2. The highest BCUT2D eigenvalue weighted by atomic mass is 79.9. The van der Waals surface area contributed by atoms with Gasteiger partial charge in [-0.25, -0.2) is 0 Å². The first-order valence-electron chi connectivity index (χ1n) is 4.30. The maximum Gasteiger partial charge on any atom is 0.159 e. The Morgan fingerprint density at radius 3 is 2.92 bits per heavy atom. The van der Waals surface area contributed by atoms with E-state index in [0.29, 0.717) is 12.4 Å². The van der Waals surface area contributed by atoms with Crippen LogP contribution in [0.15, 0.2) is 10.7 Å². The minimum atomic E-state index is 0.524. The van der Waals surface area contributed by atoms with Crippen LogP contribution in [0.4, 0.5) is 5.82 Å². The van der Waals surface area contributed by atoms with Crippen LogP contribution >= 0.6 is 15.9 Å². The second-order valence-corrected chi connectivity index (χ2v) is 3.59. The molecule has 5 heteroatoms. The van der Waals surface area contributed by atoms with Gasteiger partial charge in [0.1, 0.15) is 0 Å². The summed E-state index contributed by atoms with van der Waals surface area (Å²) in [6, 6.07) is 0. The van der Waals surface area contributed by atoms with Crippen LogP contribution in [0, 0.1) is 0 Å². The van der Waals surface area contributed by atoms with Crippen LogP contribution in [0.3, 0.4) is 0 Å². The molecule has 1 aromatic heterocycles. The zero-order valence-electron chi connectivity index (χ0n) is 7.66. The first-order chi connectivity index (χ1) is 6.24. The SMILES string of the molecule is CCCOCCn1cc(Br)c(N)n1. The largest absolute Gasteiger partial charge is 0.381 e. The average Bonchev–Trinajstić information content (AvgIpc) is 2.41. The monoisotopic (exact) mass is 247 g/mol. The fourth-order valence-corrected chi connectivity index (χ4v) is 1.25. The van der Waals surface area contributed by atoms with Crippen molar-refractivity contribution < 1.29 is 4.74 Å². The fourth-order valence-electron chi connectivity index (χ4n) is 0.931. The predicted octanol–water partition coefficient (Wildman–Crippen LogP) is 1.65. The van der Waals surface area contributed by atoms with Crippen LogP contribution in [0.25, 0.3) is 0 Å². The summed E-state index contributed by atoms with van der Waals surface area (Å²) in [6.07, 6.45) is 2.90. The smallest absolute Gasteiger partial charge is 0.159 e. The molecule has 0 fully saturated rings. The Kier molecular flexibility index (Phi) is 4.24. The number of nitrogen functional groups attached to an aromatic ring is 1. The molecule has 0 radical (unpaired) electrons. The zero-order valence-corrected chi connectivity index (χ0v) is 9.25. The van der Waals surface area contributed by atoms with Crippen molar-refractivity contribution in [2.75, 3.05) is 18.9 Å². The van der Waals surface area contributed by atoms with Crippen molar-refractivity contribution in [1.29, 1.82) is 0 Å². The first kappa shape index (κ1) is 10.5. The Hall–Kier alpha value is -0.550. The molecule has 1 aromatic rings. The summed E-state index contributed by atoms with van der Waals surface area (Å²) >= 11 is 3.29. The van der Waals surface area contributed by atoms with Gasteiger partial charge in [-0.1, -0.05) is 6.92 Å². The Balaban J connectivity index is 2.29. The molecule has 0 saturated carbocycles. The van der Waals surface area contributed by atoms with Gasteiger partial charge < -0.3 is 10.5 Å². The van der Waals surface area contributed by atoms with Gasteiger partial charge in [-0.3, -0.25) is 4.68 Å². The number of hydrogen-bond acceptors (Lipinski definition) is 3. The van der Waals surface area contributed by atoms with Crippen molar-refractivity contribution >= 4 is 21.7 Å². The summed E-state index contributed by atoms with van der Waals surface area (Å²) in [5, 5.41) is 4.08. The number of halogens is 1. The highest BCUT2D eigenvalue weighted by molar-refractivity contribution is 9.10. The molecule has 0 bridgehead atoms. The maximum absolute atomic E-state index is 5.55. The predicted molar refractivity (Wildman–Crippen MR) is 55.4 cm³/mol. The van der Waals surface area contributed by atoms with Gasteiger partial charge in [-0.05, 0) is 22.4 Å². The lowest BCUT2D eigenvalue weighted by Crippen LogP contribution is -2.07. The maximum atomic E-state index is 5.55. The van der Waals surface area contributed by atoms with Gasteiger partial charge in [0.2, 0.25) is 0 Å². The summed E-state index contributed by atoms with van der Waals surface area (Å²) in [6.45, 7) is 4.32. The second-order valence-electron chi connectivity index (χ2n) is 2.74. The molecule has 0 spiro atoms. The lowest BCUT2D eigenvalue weighted by atomic mass is 10.5. The van der Waals surface area contributed by atoms with Crippen LogP contribution in [0.5, 0.6) is 0 Å². The number of nitrogens with zero attached hydrogens (tertiary/aromatic N) is 2. The molecular formula is C8H14BrN3O. The third kappa shape index (κ3) is 3.36. The molecule has 1 heterocycles. The van der Waals surface area contributed by atoms with Crippen LogP contribution in [0.1, 0.15) is 13.3 Å². The van der Waals surface area contributed by atoms with Gasteiger partial charge in [-0.15, -0.1) is 0 Å². The van der Waals surface area contributed by atoms with E-state index in [0.717, 1.165) is 24.0 Å². The zero-order chi connectivity index (χ0) is 9.68. The molecule has 0 aliphatic heterocycles. The lowest BCUT2D eigenvalue weighted by Gasteiger charge is -2.01. The summed E-state index contributed by atoms with van der Waals surface area (Å²) in [4.78, 5) is 0. The van der Waals surface area contributed by atoms with Gasteiger partial charge in [-0.2, -0.15) is 5.10 Å². The second kappa shape index (κ2) is 5.24. The van der Waals surface area contributed by atoms with Crippen molar-refractivity contribution in [3.63, 3.8) is 0 Å². The summed E-state index contributed by atoms with van der Waals surface area (Å²) < 4.78 is 7.93. The van der Waals surface area contributed by atoms with E-state index >= 15 is 0 Å². The first-order valence-corrected chi connectivity index (χ1v) is 5.09. The molecule has 0 aliphatic rings. The number of ether oxygens (including phenoxy) is 1. The van der Waals surface area contributed by atoms with Crippen LogP contribution in [-0.2, 0) is 11.3 Å². The quantitative estimate of drug-likeness (QED) is 0.806. The van der Waals surface area contributed by atoms with Gasteiger partial charge in [0.15, 0.2) is 5.82 Å². The number of anilines is 1. The molecule has 74 valence electrons. The van der Waals surface area contributed by atoms with E-state index < -0.39 is 0 Å². The van der Waals surface area contributed by atoms with Gasteiger partial charge in [0.05, 0.1) is 17.6 Å². The van der Waals surface area contributed by atoms with E-state index in [4.69, 9.17) is 10.5 Å². The minimum absolute atomic E-state index is 0.524. The molecule has 0 saturated heterocycles. The molecule has 2 N–H and O–H groups in total. The van der Waals surface area contributed by atoms with Gasteiger partial charge >= 0.3 is 0 Å². The highest BCUT2D eigenvalue weighted by Crippen LogP contribution is 2.15. The van der Waals surface area contributed by atoms with Crippen molar-refractivity contribution in [2.45, 2.75) is 19.9 Å². The van der Waals surface area contributed by atoms with Crippen molar-refractivity contribution in [2.24, 2.45) is 0 Å². The molecule has 0 aliphatic carbocycles. The Bertz CT molecular complexity index is 242. The van der Waals surface area contributed by atoms with E-state index in [9.17, 15) is 0 Å². The normalized spacial score (nSPS) is 10.6. The summed E-state index contributed by atoms with van der Waals surface area (Å²) in [7, 11) is 0. The van der Waals surface area contributed by atoms with Crippen molar-refractivity contribution in [3.05, 3.63) is 10.7 Å². The number of nitrogens with two attached hydrogens (primary N) is 1. The summed E-state index contributed by atoms with van der Waals surface area (Å²) in [5.74, 6) is 0.524. The van der Waals surface area contributed by atoms with E-state index in [-0.39, 0.29) is 0 Å². The van der Waals surface area contributed by atoms with E-state index in [1.165, 1.54) is 0 Å². The molecule has 0 aromatic carbocycles. The van der Waals surface area contributed by atoms with E-state index in [1.807, 2.05) is 6.20 Å². The lowest BCUT2D eigenvalue weighted by molar-refractivity contribution is 0.124. The number of rotatable bonds is 5. The Morgan fingerprint density at radius 1 is 1.62 bits per heavy atom. The Labute approximate surface area is 86.2 Å². The highest BCUT2D eigenvalue weighted by Gasteiger charge is 2.00. The molecular weight excluding hydrogens is 234 g/mol.